The molecule has 1 aliphatic heterocycles. The number of hydrogen-bond acceptors (Lipinski definition) is 3. The van der Waals surface area contributed by atoms with E-state index in [0.29, 0.717) is 6.04 Å². The Kier molecular flexibility index (Phi) is 3.39. The van der Waals surface area contributed by atoms with Crippen LogP contribution in [0.3, 0.4) is 0 Å². The van der Waals surface area contributed by atoms with Crippen molar-refractivity contribution < 1.29 is 0 Å². The van der Waals surface area contributed by atoms with Gasteiger partial charge in [-0.15, -0.1) is 11.8 Å². The van der Waals surface area contributed by atoms with Crippen molar-refractivity contribution in [1.82, 2.24) is 15.5 Å². The topological polar surface area (TPSA) is 40.7 Å². The lowest BCUT2D eigenvalue weighted by Gasteiger charge is -2.11. The summed E-state index contributed by atoms with van der Waals surface area (Å²) in [6, 6.07) is 9.12. The number of benzene rings is 1. The molecular formula is C14H17N3S. The fourth-order valence-corrected chi connectivity index (χ4v) is 2.90. The van der Waals surface area contributed by atoms with E-state index < -0.39 is 0 Å². The van der Waals surface area contributed by atoms with E-state index in [0.717, 1.165) is 6.54 Å². The van der Waals surface area contributed by atoms with E-state index in [2.05, 4.69) is 46.0 Å². The molecule has 0 spiro atoms. The molecule has 1 aromatic heterocycles. The summed E-state index contributed by atoms with van der Waals surface area (Å²) in [6.45, 7) is 1.11. The van der Waals surface area contributed by atoms with Crippen LogP contribution in [-0.4, -0.2) is 23.0 Å². The van der Waals surface area contributed by atoms with Crippen LogP contribution in [0.15, 0.2) is 35.4 Å². The van der Waals surface area contributed by atoms with E-state index in [1.165, 1.54) is 34.6 Å². The molecule has 1 fully saturated rings. The minimum atomic E-state index is 0.433. The van der Waals surface area contributed by atoms with Crippen molar-refractivity contribution in [2.24, 2.45) is 0 Å². The Morgan fingerprint density at radius 3 is 2.78 bits per heavy atom. The van der Waals surface area contributed by atoms with Gasteiger partial charge in [0.25, 0.3) is 0 Å². The predicted octanol–water partition coefficient (Wildman–Crippen LogP) is 3.22. The molecule has 1 unspecified atom stereocenters. The zero-order valence-corrected chi connectivity index (χ0v) is 11.3. The molecule has 1 saturated heterocycles. The van der Waals surface area contributed by atoms with Crippen molar-refractivity contribution in [2.45, 2.75) is 23.8 Å². The Morgan fingerprint density at radius 1 is 1.28 bits per heavy atom. The quantitative estimate of drug-likeness (QED) is 0.831. The minimum Gasteiger partial charge on any atom is -0.309 e. The van der Waals surface area contributed by atoms with E-state index in [9.17, 15) is 0 Å². The number of aromatic amines is 1. The van der Waals surface area contributed by atoms with Gasteiger partial charge in [-0.1, -0.05) is 12.1 Å². The Balaban J connectivity index is 1.93. The molecule has 2 aromatic rings. The fourth-order valence-electron chi connectivity index (χ4n) is 2.49. The van der Waals surface area contributed by atoms with E-state index in [4.69, 9.17) is 0 Å². The van der Waals surface area contributed by atoms with Gasteiger partial charge in [0, 0.05) is 16.5 Å². The third kappa shape index (κ3) is 2.18. The molecular weight excluding hydrogens is 242 g/mol. The largest absolute Gasteiger partial charge is 0.309 e. The Labute approximate surface area is 111 Å². The molecule has 1 aliphatic rings. The van der Waals surface area contributed by atoms with Gasteiger partial charge in [0.15, 0.2) is 0 Å². The number of hydrogen-bond donors (Lipinski definition) is 2. The second-order valence-corrected chi connectivity index (χ2v) is 5.45. The highest BCUT2D eigenvalue weighted by Crippen LogP contribution is 2.31. The van der Waals surface area contributed by atoms with Gasteiger partial charge in [-0.3, -0.25) is 5.10 Å². The predicted molar refractivity (Wildman–Crippen MR) is 75.8 cm³/mol. The molecule has 3 nitrogen and oxygen atoms in total. The number of nitrogens with one attached hydrogen (secondary N) is 2. The second-order valence-electron chi connectivity index (χ2n) is 4.57. The summed E-state index contributed by atoms with van der Waals surface area (Å²) >= 11 is 1.77. The second kappa shape index (κ2) is 5.16. The molecule has 0 bridgehead atoms. The highest BCUT2D eigenvalue weighted by molar-refractivity contribution is 7.98. The zero-order chi connectivity index (χ0) is 12.4. The van der Waals surface area contributed by atoms with E-state index in [1.54, 1.807) is 11.8 Å². The van der Waals surface area contributed by atoms with Gasteiger partial charge in [-0.2, -0.15) is 5.10 Å². The van der Waals surface area contributed by atoms with Crippen LogP contribution in [-0.2, 0) is 0 Å². The standard InChI is InChI=1S/C14H17N3S/c1-18-11-6-4-10(5-7-11)12-9-16-17-14(12)13-3-2-8-15-13/h4-7,9,13,15H,2-3,8H2,1H3,(H,16,17). The SMILES string of the molecule is CSc1ccc(-c2cn[nH]c2C2CCCN2)cc1. The molecule has 3 rings (SSSR count). The molecule has 94 valence electrons. The van der Waals surface area contributed by atoms with E-state index >= 15 is 0 Å². The number of H-pyrrole nitrogens is 1. The van der Waals surface area contributed by atoms with Crippen LogP contribution in [0.2, 0.25) is 0 Å². The van der Waals surface area contributed by atoms with Crippen molar-refractivity contribution >= 4 is 11.8 Å². The van der Waals surface area contributed by atoms with Gasteiger partial charge in [0.1, 0.15) is 0 Å². The van der Waals surface area contributed by atoms with E-state index in [-0.39, 0.29) is 0 Å². The van der Waals surface area contributed by atoms with Gasteiger partial charge in [0.05, 0.1) is 11.9 Å². The summed E-state index contributed by atoms with van der Waals surface area (Å²) in [7, 11) is 0. The Hall–Kier alpha value is -1.26. The Morgan fingerprint density at radius 2 is 2.11 bits per heavy atom. The van der Waals surface area contributed by atoms with Gasteiger partial charge in [-0.05, 0) is 43.3 Å². The highest BCUT2D eigenvalue weighted by atomic mass is 32.2. The maximum absolute atomic E-state index is 4.22. The molecule has 0 radical (unpaired) electrons. The van der Waals surface area contributed by atoms with Gasteiger partial charge in [-0.25, -0.2) is 0 Å². The van der Waals surface area contributed by atoms with Gasteiger partial charge < -0.3 is 5.32 Å². The summed E-state index contributed by atoms with van der Waals surface area (Å²) in [5, 5.41) is 10.9. The van der Waals surface area contributed by atoms with Gasteiger partial charge in [0.2, 0.25) is 0 Å². The molecule has 0 saturated carbocycles. The van der Waals surface area contributed by atoms with Crippen LogP contribution in [0, 0.1) is 0 Å². The van der Waals surface area contributed by atoms with Crippen molar-refractivity contribution in [1.29, 1.82) is 0 Å². The minimum absolute atomic E-state index is 0.433. The summed E-state index contributed by atoms with van der Waals surface area (Å²) in [5.74, 6) is 0. The molecule has 4 heteroatoms. The normalized spacial score (nSPS) is 19.3. The molecule has 1 aromatic carbocycles. The Bertz CT molecular complexity index is 512. The summed E-state index contributed by atoms with van der Waals surface area (Å²) in [4.78, 5) is 1.29. The van der Waals surface area contributed by atoms with Crippen LogP contribution >= 0.6 is 11.8 Å². The third-order valence-electron chi connectivity index (χ3n) is 3.48. The van der Waals surface area contributed by atoms with E-state index in [1.807, 2.05) is 6.20 Å². The number of aromatic nitrogens is 2. The molecule has 1 atom stereocenters. The molecule has 2 N–H and O–H groups in total. The average molecular weight is 259 g/mol. The van der Waals surface area contributed by atoms with Crippen LogP contribution in [0.1, 0.15) is 24.6 Å². The van der Waals surface area contributed by atoms with Crippen molar-refractivity contribution in [3.8, 4) is 11.1 Å². The molecule has 18 heavy (non-hydrogen) atoms. The smallest absolute Gasteiger partial charge is 0.0599 e. The first kappa shape index (κ1) is 11.8. The van der Waals surface area contributed by atoms with Crippen LogP contribution in [0.5, 0.6) is 0 Å². The van der Waals surface area contributed by atoms with Crippen LogP contribution < -0.4 is 5.32 Å². The molecule has 0 aliphatic carbocycles. The van der Waals surface area contributed by atoms with Crippen LogP contribution in [0.4, 0.5) is 0 Å². The number of thioether (sulfide) groups is 1. The first-order chi connectivity index (χ1) is 8.88. The average Bonchev–Trinajstić information content (AvgIpc) is 3.09. The number of rotatable bonds is 3. The molecule has 0 amide bonds. The summed E-state index contributed by atoms with van der Waals surface area (Å²) in [5.41, 5.74) is 3.69. The fraction of sp³-hybridized carbons (Fsp3) is 0.357. The van der Waals surface area contributed by atoms with Crippen molar-refractivity contribution in [3.05, 3.63) is 36.2 Å². The lowest BCUT2D eigenvalue weighted by molar-refractivity contribution is 0.626. The van der Waals surface area contributed by atoms with Crippen LogP contribution in [0.25, 0.3) is 11.1 Å². The zero-order valence-electron chi connectivity index (χ0n) is 10.4. The lowest BCUT2D eigenvalue weighted by atomic mass is 10.0. The lowest BCUT2D eigenvalue weighted by Crippen LogP contribution is -2.14. The highest BCUT2D eigenvalue weighted by Gasteiger charge is 2.21. The monoisotopic (exact) mass is 259 g/mol. The first-order valence-corrected chi connectivity index (χ1v) is 7.52. The maximum Gasteiger partial charge on any atom is 0.0599 e. The van der Waals surface area contributed by atoms with Crippen molar-refractivity contribution in [3.63, 3.8) is 0 Å². The summed E-state index contributed by atoms with van der Waals surface area (Å²) < 4.78 is 0. The summed E-state index contributed by atoms with van der Waals surface area (Å²) in [6.07, 6.45) is 6.47. The maximum atomic E-state index is 4.22. The van der Waals surface area contributed by atoms with Crippen molar-refractivity contribution in [2.75, 3.05) is 12.8 Å². The first-order valence-electron chi connectivity index (χ1n) is 6.29. The van der Waals surface area contributed by atoms with Gasteiger partial charge >= 0.3 is 0 Å². The third-order valence-corrected chi connectivity index (χ3v) is 4.22. The molecule has 2 heterocycles. The number of nitrogens with zero attached hydrogens (tertiary/aromatic N) is 1.